The van der Waals surface area contributed by atoms with E-state index in [-0.39, 0.29) is 5.97 Å². The monoisotopic (exact) mass is 256 g/mol. The Kier molecular flexibility index (Phi) is 4.50. The van der Waals surface area contributed by atoms with E-state index in [0.29, 0.717) is 18.7 Å². The molecule has 0 saturated carbocycles. The van der Waals surface area contributed by atoms with Gasteiger partial charge in [-0.1, -0.05) is 12.1 Å². The molecule has 19 heavy (non-hydrogen) atoms. The number of hydrogen-bond donors (Lipinski definition) is 1. The van der Waals surface area contributed by atoms with Gasteiger partial charge in [-0.05, 0) is 36.8 Å². The van der Waals surface area contributed by atoms with Crippen molar-refractivity contribution in [1.29, 1.82) is 0 Å². The van der Waals surface area contributed by atoms with Crippen LogP contribution >= 0.6 is 0 Å². The van der Waals surface area contributed by atoms with Crippen molar-refractivity contribution in [1.82, 2.24) is 4.98 Å². The Balaban J connectivity index is 2.01. The molecule has 0 saturated heterocycles. The van der Waals surface area contributed by atoms with Crippen LogP contribution in [0.15, 0.2) is 48.8 Å². The van der Waals surface area contributed by atoms with Crippen molar-refractivity contribution in [3.05, 3.63) is 59.9 Å². The zero-order chi connectivity index (χ0) is 13.5. The van der Waals surface area contributed by atoms with Crippen LogP contribution in [0.4, 0.5) is 5.69 Å². The lowest BCUT2D eigenvalue weighted by Gasteiger charge is -2.08. The molecule has 0 aliphatic carbocycles. The average molecular weight is 256 g/mol. The van der Waals surface area contributed by atoms with Crippen molar-refractivity contribution in [2.75, 3.05) is 11.9 Å². The first kappa shape index (κ1) is 13.1. The normalized spacial score (nSPS) is 9.95. The number of aromatic nitrogens is 1. The summed E-state index contributed by atoms with van der Waals surface area (Å²) in [6, 6.07) is 11.2. The lowest BCUT2D eigenvalue weighted by molar-refractivity contribution is 0.0526. The maximum atomic E-state index is 11.6. The third-order valence-electron chi connectivity index (χ3n) is 2.59. The number of nitrogens with one attached hydrogen (secondary N) is 1. The molecule has 0 amide bonds. The van der Waals surface area contributed by atoms with Crippen molar-refractivity contribution in [2.45, 2.75) is 13.5 Å². The van der Waals surface area contributed by atoms with Crippen LogP contribution in [0.25, 0.3) is 0 Å². The van der Waals surface area contributed by atoms with Crippen LogP contribution in [-0.4, -0.2) is 17.6 Å². The van der Waals surface area contributed by atoms with Gasteiger partial charge in [-0.25, -0.2) is 4.79 Å². The fourth-order valence-corrected chi connectivity index (χ4v) is 1.68. The first-order valence-electron chi connectivity index (χ1n) is 6.19. The Labute approximate surface area is 112 Å². The molecule has 2 aromatic rings. The van der Waals surface area contributed by atoms with Crippen molar-refractivity contribution in [3.8, 4) is 0 Å². The third kappa shape index (κ3) is 3.81. The number of pyridine rings is 1. The fraction of sp³-hybridized carbons (Fsp3) is 0.200. The third-order valence-corrected chi connectivity index (χ3v) is 2.59. The van der Waals surface area contributed by atoms with E-state index in [0.717, 1.165) is 11.3 Å². The molecular formula is C15H16N2O2. The summed E-state index contributed by atoms with van der Waals surface area (Å²) in [5, 5.41) is 3.25. The summed E-state index contributed by atoms with van der Waals surface area (Å²) in [6.07, 6.45) is 3.55. The number of carbonyl (C=O) groups is 1. The number of benzene rings is 1. The molecule has 1 aromatic carbocycles. The smallest absolute Gasteiger partial charge is 0.338 e. The lowest BCUT2D eigenvalue weighted by Crippen LogP contribution is -2.06. The van der Waals surface area contributed by atoms with E-state index in [1.165, 1.54) is 0 Å². The highest BCUT2D eigenvalue weighted by molar-refractivity contribution is 5.90. The molecule has 0 unspecified atom stereocenters. The van der Waals surface area contributed by atoms with E-state index in [1.54, 1.807) is 25.3 Å². The number of nitrogens with zero attached hydrogens (tertiary/aromatic N) is 1. The van der Waals surface area contributed by atoms with Gasteiger partial charge < -0.3 is 10.1 Å². The summed E-state index contributed by atoms with van der Waals surface area (Å²) in [7, 11) is 0. The zero-order valence-corrected chi connectivity index (χ0v) is 10.8. The molecule has 0 bridgehead atoms. The molecule has 0 fully saturated rings. The predicted molar refractivity (Wildman–Crippen MR) is 74.0 cm³/mol. The quantitative estimate of drug-likeness (QED) is 0.836. The second-order valence-corrected chi connectivity index (χ2v) is 4.02. The molecule has 1 aromatic heterocycles. The summed E-state index contributed by atoms with van der Waals surface area (Å²) in [5.41, 5.74) is 2.52. The number of carbonyl (C=O) groups excluding carboxylic acids is 1. The topological polar surface area (TPSA) is 51.2 Å². The van der Waals surface area contributed by atoms with E-state index >= 15 is 0 Å². The second-order valence-electron chi connectivity index (χ2n) is 4.02. The molecular weight excluding hydrogens is 240 g/mol. The minimum absolute atomic E-state index is 0.299. The summed E-state index contributed by atoms with van der Waals surface area (Å²) in [6.45, 7) is 2.84. The van der Waals surface area contributed by atoms with Crippen LogP contribution in [0.5, 0.6) is 0 Å². The van der Waals surface area contributed by atoms with Gasteiger partial charge in [-0.3, -0.25) is 4.98 Å². The van der Waals surface area contributed by atoms with E-state index in [4.69, 9.17) is 4.74 Å². The van der Waals surface area contributed by atoms with E-state index < -0.39 is 0 Å². The van der Waals surface area contributed by atoms with Crippen LogP contribution in [0.3, 0.4) is 0 Å². The molecule has 4 heteroatoms. The molecule has 0 atom stereocenters. The molecule has 1 N–H and O–H groups in total. The summed E-state index contributed by atoms with van der Waals surface area (Å²) >= 11 is 0. The van der Waals surface area contributed by atoms with Crippen LogP contribution in [-0.2, 0) is 11.3 Å². The maximum Gasteiger partial charge on any atom is 0.338 e. The highest BCUT2D eigenvalue weighted by atomic mass is 16.5. The second kappa shape index (κ2) is 6.54. The minimum Gasteiger partial charge on any atom is -0.462 e. The van der Waals surface area contributed by atoms with E-state index in [1.807, 2.05) is 30.5 Å². The van der Waals surface area contributed by atoms with Crippen LogP contribution in [0.1, 0.15) is 22.8 Å². The average Bonchev–Trinajstić information content (AvgIpc) is 2.47. The summed E-state index contributed by atoms with van der Waals surface area (Å²) in [4.78, 5) is 15.7. The van der Waals surface area contributed by atoms with Gasteiger partial charge in [-0.15, -0.1) is 0 Å². The SMILES string of the molecule is CCOC(=O)c1cccc(NCc2cccnc2)c1. The van der Waals surface area contributed by atoms with Crippen LogP contribution in [0, 0.1) is 0 Å². The Hall–Kier alpha value is -2.36. The van der Waals surface area contributed by atoms with Crippen molar-refractivity contribution >= 4 is 11.7 Å². The Morgan fingerprint density at radius 3 is 2.95 bits per heavy atom. The standard InChI is InChI=1S/C15H16N2O2/c1-2-19-15(18)13-6-3-7-14(9-13)17-11-12-5-4-8-16-10-12/h3-10,17H,2,11H2,1H3. The molecule has 0 spiro atoms. The van der Waals surface area contributed by atoms with Gasteiger partial charge in [0.1, 0.15) is 0 Å². The summed E-state index contributed by atoms with van der Waals surface area (Å²) in [5.74, 6) is -0.299. The number of rotatable bonds is 5. The number of esters is 1. The van der Waals surface area contributed by atoms with Gasteiger partial charge in [0.15, 0.2) is 0 Å². The van der Waals surface area contributed by atoms with Gasteiger partial charge in [0.25, 0.3) is 0 Å². The fourth-order valence-electron chi connectivity index (χ4n) is 1.68. The highest BCUT2D eigenvalue weighted by Crippen LogP contribution is 2.13. The Bertz CT molecular complexity index is 541. The molecule has 1 heterocycles. The van der Waals surface area contributed by atoms with Crippen molar-refractivity contribution in [2.24, 2.45) is 0 Å². The Morgan fingerprint density at radius 2 is 2.21 bits per heavy atom. The van der Waals surface area contributed by atoms with E-state index in [2.05, 4.69) is 10.3 Å². The van der Waals surface area contributed by atoms with Crippen molar-refractivity contribution in [3.63, 3.8) is 0 Å². The number of hydrogen-bond acceptors (Lipinski definition) is 4. The minimum atomic E-state index is -0.299. The maximum absolute atomic E-state index is 11.6. The number of anilines is 1. The zero-order valence-electron chi connectivity index (χ0n) is 10.8. The molecule has 0 radical (unpaired) electrons. The van der Waals surface area contributed by atoms with Gasteiger partial charge in [0.2, 0.25) is 0 Å². The van der Waals surface area contributed by atoms with Gasteiger partial charge in [0, 0.05) is 24.6 Å². The number of ether oxygens (including phenoxy) is 1. The first-order valence-corrected chi connectivity index (χ1v) is 6.19. The van der Waals surface area contributed by atoms with Gasteiger partial charge >= 0.3 is 5.97 Å². The summed E-state index contributed by atoms with van der Waals surface area (Å²) < 4.78 is 4.97. The predicted octanol–water partition coefficient (Wildman–Crippen LogP) is 2.87. The molecule has 0 aliphatic rings. The van der Waals surface area contributed by atoms with Crippen molar-refractivity contribution < 1.29 is 9.53 Å². The molecule has 2 rings (SSSR count). The first-order chi connectivity index (χ1) is 9.29. The van der Waals surface area contributed by atoms with Gasteiger partial charge in [-0.2, -0.15) is 0 Å². The highest BCUT2D eigenvalue weighted by Gasteiger charge is 2.06. The molecule has 4 nitrogen and oxygen atoms in total. The lowest BCUT2D eigenvalue weighted by atomic mass is 10.2. The van der Waals surface area contributed by atoms with Crippen LogP contribution < -0.4 is 5.32 Å². The van der Waals surface area contributed by atoms with E-state index in [9.17, 15) is 4.79 Å². The van der Waals surface area contributed by atoms with Crippen LogP contribution in [0.2, 0.25) is 0 Å². The molecule has 0 aliphatic heterocycles. The largest absolute Gasteiger partial charge is 0.462 e. The Morgan fingerprint density at radius 1 is 1.32 bits per heavy atom. The van der Waals surface area contributed by atoms with Gasteiger partial charge in [0.05, 0.1) is 12.2 Å². The molecule has 98 valence electrons.